The van der Waals surface area contributed by atoms with Gasteiger partial charge in [0.25, 0.3) is 5.56 Å². The Kier molecular flexibility index (Phi) is 5.93. The van der Waals surface area contributed by atoms with Crippen molar-refractivity contribution in [1.29, 1.82) is 0 Å². The number of hydrogen-bond donors (Lipinski definition) is 0. The summed E-state index contributed by atoms with van der Waals surface area (Å²) < 4.78 is 9.33. The van der Waals surface area contributed by atoms with Crippen LogP contribution in [-0.4, -0.2) is 67.1 Å². The Morgan fingerprint density at radius 1 is 0.969 bits per heavy atom. The average Bonchev–Trinajstić information content (AvgIpc) is 3.35. The number of nitrogens with zero attached hydrogens (tertiary/aromatic N) is 7. The molecule has 0 aromatic carbocycles. The molecule has 1 aliphatic heterocycles. The van der Waals surface area contributed by atoms with E-state index in [0.717, 1.165) is 75.1 Å². The number of aromatic nitrogens is 5. The van der Waals surface area contributed by atoms with Crippen molar-refractivity contribution >= 4 is 0 Å². The van der Waals surface area contributed by atoms with Crippen LogP contribution in [0.15, 0.2) is 27.4 Å². The number of piperazine rings is 1. The normalized spacial score (nSPS) is 17.6. The number of rotatable bonds is 6. The molecular formula is C23H31N7O2. The van der Waals surface area contributed by atoms with Gasteiger partial charge in [-0.3, -0.25) is 14.6 Å². The summed E-state index contributed by atoms with van der Waals surface area (Å²) in [6.45, 7) is 9.97. The molecule has 170 valence electrons. The number of hydrogen-bond acceptors (Lipinski definition) is 7. The first-order chi connectivity index (χ1) is 15.5. The minimum atomic E-state index is -0.0817. The van der Waals surface area contributed by atoms with E-state index in [0.29, 0.717) is 12.4 Å². The maximum absolute atomic E-state index is 12.3. The van der Waals surface area contributed by atoms with Crippen LogP contribution in [0.4, 0.5) is 0 Å². The van der Waals surface area contributed by atoms with Gasteiger partial charge in [-0.25, -0.2) is 14.3 Å². The molecule has 0 N–H and O–H groups in total. The minimum Gasteiger partial charge on any atom is -0.444 e. The molecule has 0 unspecified atom stereocenters. The molecule has 1 aliphatic carbocycles. The lowest BCUT2D eigenvalue weighted by molar-refractivity contribution is 0.115. The first kappa shape index (κ1) is 21.1. The van der Waals surface area contributed by atoms with Crippen LogP contribution in [0.5, 0.6) is 0 Å². The molecule has 32 heavy (non-hydrogen) atoms. The molecule has 0 amide bonds. The van der Waals surface area contributed by atoms with Crippen LogP contribution < -0.4 is 5.56 Å². The molecule has 9 heteroatoms. The van der Waals surface area contributed by atoms with E-state index in [1.54, 1.807) is 21.5 Å². The first-order valence-electron chi connectivity index (χ1n) is 11.6. The maximum atomic E-state index is 12.3. The third-order valence-corrected chi connectivity index (χ3v) is 6.42. The van der Waals surface area contributed by atoms with Crippen LogP contribution in [-0.2, 0) is 25.9 Å². The number of oxazole rings is 1. The highest BCUT2D eigenvalue weighted by Crippen LogP contribution is 2.22. The number of fused-ring (bicyclic) bond motifs is 1. The fourth-order valence-corrected chi connectivity index (χ4v) is 4.64. The van der Waals surface area contributed by atoms with Crippen molar-refractivity contribution in [3.63, 3.8) is 0 Å². The van der Waals surface area contributed by atoms with Crippen LogP contribution in [0.25, 0.3) is 5.82 Å². The van der Waals surface area contributed by atoms with E-state index in [4.69, 9.17) is 9.40 Å². The van der Waals surface area contributed by atoms with Crippen molar-refractivity contribution in [2.45, 2.75) is 52.6 Å². The topological polar surface area (TPSA) is 85.2 Å². The SMILES string of the molecule is Cc1cc(C)n(-c2ccc(=O)n(CCN3CCN(Cc4nc5c(o4)CCCC5)CC3)n2)n1. The molecule has 4 heterocycles. The predicted molar refractivity (Wildman–Crippen MR) is 120 cm³/mol. The molecule has 2 aliphatic rings. The quantitative estimate of drug-likeness (QED) is 0.581. The Labute approximate surface area is 187 Å². The summed E-state index contributed by atoms with van der Waals surface area (Å²) in [5.74, 6) is 2.64. The highest BCUT2D eigenvalue weighted by molar-refractivity contribution is 5.23. The van der Waals surface area contributed by atoms with Crippen LogP contribution in [0.3, 0.4) is 0 Å². The van der Waals surface area contributed by atoms with Crippen LogP contribution in [0.1, 0.15) is 41.6 Å². The molecule has 3 aromatic heterocycles. The summed E-state index contributed by atoms with van der Waals surface area (Å²) in [5, 5.41) is 9.03. The molecule has 3 aromatic rings. The summed E-state index contributed by atoms with van der Waals surface area (Å²) in [6.07, 6.45) is 4.52. The van der Waals surface area contributed by atoms with E-state index in [1.165, 1.54) is 18.5 Å². The molecule has 0 radical (unpaired) electrons. The molecule has 9 nitrogen and oxygen atoms in total. The van der Waals surface area contributed by atoms with Gasteiger partial charge in [0.05, 0.1) is 24.5 Å². The van der Waals surface area contributed by atoms with Gasteiger partial charge in [0.2, 0.25) is 5.89 Å². The van der Waals surface area contributed by atoms with Crippen molar-refractivity contribution in [2.24, 2.45) is 0 Å². The van der Waals surface area contributed by atoms with Crippen LogP contribution in [0, 0.1) is 13.8 Å². The molecular weight excluding hydrogens is 406 g/mol. The van der Waals surface area contributed by atoms with Gasteiger partial charge in [0.1, 0.15) is 5.76 Å². The van der Waals surface area contributed by atoms with E-state index < -0.39 is 0 Å². The highest BCUT2D eigenvalue weighted by atomic mass is 16.4. The van der Waals surface area contributed by atoms with Gasteiger partial charge in [-0.1, -0.05) is 0 Å². The number of aryl methyl sites for hydroxylation is 4. The second-order valence-corrected chi connectivity index (χ2v) is 8.89. The molecule has 0 atom stereocenters. The first-order valence-corrected chi connectivity index (χ1v) is 11.6. The van der Waals surface area contributed by atoms with Crippen LogP contribution in [0.2, 0.25) is 0 Å². The molecule has 0 spiro atoms. The smallest absolute Gasteiger partial charge is 0.266 e. The Morgan fingerprint density at radius 2 is 1.75 bits per heavy atom. The van der Waals surface area contributed by atoms with Crippen molar-refractivity contribution in [1.82, 2.24) is 34.3 Å². The summed E-state index contributed by atoms with van der Waals surface area (Å²) in [5.41, 5.74) is 3.03. The van der Waals surface area contributed by atoms with E-state index in [1.807, 2.05) is 19.9 Å². The monoisotopic (exact) mass is 437 g/mol. The molecule has 1 fully saturated rings. The zero-order chi connectivity index (χ0) is 22.1. The van der Waals surface area contributed by atoms with Gasteiger partial charge in [0, 0.05) is 50.9 Å². The van der Waals surface area contributed by atoms with Gasteiger partial charge in [-0.2, -0.15) is 5.10 Å². The Bertz CT molecular complexity index is 1110. The Balaban J connectivity index is 1.15. The van der Waals surface area contributed by atoms with E-state index >= 15 is 0 Å². The van der Waals surface area contributed by atoms with Crippen molar-refractivity contribution in [3.05, 3.63) is 57.3 Å². The second-order valence-electron chi connectivity index (χ2n) is 8.89. The van der Waals surface area contributed by atoms with Gasteiger partial charge < -0.3 is 4.42 Å². The average molecular weight is 438 g/mol. The maximum Gasteiger partial charge on any atom is 0.266 e. The summed E-state index contributed by atoms with van der Waals surface area (Å²) in [6, 6.07) is 5.31. The van der Waals surface area contributed by atoms with Gasteiger partial charge in [0.15, 0.2) is 5.82 Å². The lowest BCUT2D eigenvalue weighted by atomic mass is 10.0. The third-order valence-electron chi connectivity index (χ3n) is 6.42. The lowest BCUT2D eigenvalue weighted by Crippen LogP contribution is -2.47. The summed E-state index contributed by atoms with van der Waals surface area (Å²) in [4.78, 5) is 21.8. The largest absolute Gasteiger partial charge is 0.444 e. The highest BCUT2D eigenvalue weighted by Gasteiger charge is 2.21. The van der Waals surface area contributed by atoms with Crippen molar-refractivity contribution in [3.8, 4) is 5.82 Å². The second kappa shape index (κ2) is 8.99. The Hall–Kier alpha value is -2.78. The van der Waals surface area contributed by atoms with Crippen molar-refractivity contribution < 1.29 is 4.42 Å². The fraction of sp³-hybridized carbons (Fsp3) is 0.565. The van der Waals surface area contributed by atoms with Gasteiger partial charge in [-0.05, 0) is 45.2 Å². The van der Waals surface area contributed by atoms with Crippen LogP contribution >= 0.6 is 0 Å². The predicted octanol–water partition coefficient (Wildman–Crippen LogP) is 1.73. The zero-order valence-electron chi connectivity index (χ0n) is 19.0. The fourth-order valence-electron chi connectivity index (χ4n) is 4.64. The molecule has 5 rings (SSSR count). The van der Waals surface area contributed by atoms with Gasteiger partial charge in [-0.15, -0.1) is 5.10 Å². The van der Waals surface area contributed by atoms with E-state index in [-0.39, 0.29) is 5.56 Å². The summed E-state index contributed by atoms with van der Waals surface area (Å²) >= 11 is 0. The Morgan fingerprint density at radius 3 is 2.50 bits per heavy atom. The molecule has 0 saturated carbocycles. The third kappa shape index (κ3) is 4.54. The molecule has 0 bridgehead atoms. The standard InChI is InChI=1S/C23H31N7O2/c1-17-15-18(2)30(25-17)21-7-8-23(31)29(26-21)14-13-27-9-11-28(12-10-27)16-22-24-19-5-3-4-6-20(19)32-22/h7-8,15H,3-6,9-14,16H2,1-2H3. The lowest BCUT2D eigenvalue weighted by Gasteiger charge is -2.33. The zero-order valence-corrected chi connectivity index (χ0v) is 19.0. The van der Waals surface area contributed by atoms with E-state index in [2.05, 4.69) is 20.0 Å². The minimum absolute atomic E-state index is 0.0817. The molecule has 1 saturated heterocycles. The van der Waals surface area contributed by atoms with E-state index in [9.17, 15) is 4.79 Å². The summed E-state index contributed by atoms with van der Waals surface area (Å²) in [7, 11) is 0. The van der Waals surface area contributed by atoms with Crippen molar-refractivity contribution in [2.75, 3.05) is 32.7 Å². The van der Waals surface area contributed by atoms with Gasteiger partial charge >= 0.3 is 0 Å².